The fraction of sp³-hybridized carbons (Fsp3) is 0.273. The van der Waals surface area contributed by atoms with E-state index >= 15 is 0 Å². The number of nitrogens with one attached hydrogen (secondary N) is 1. The van der Waals surface area contributed by atoms with E-state index < -0.39 is 0 Å². The minimum Gasteiger partial charge on any atom is -0.352 e. The van der Waals surface area contributed by atoms with Gasteiger partial charge in [0.05, 0.1) is 11.8 Å². The second kappa shape index (κ2) is 5.84. The molecule has 0 fully saturated rings. The molecule has 0 saturated carbocycles. The number of hydrogen-bond acceptors (Lipinski definition) is 2. The highest BCUT2D eigenvalue weighted by Gasteiger charge is 2.42. The summed E-state index contributed by atoms with van der Waals surface area (Å²) in [6, 6.07) is 17.6. The van der Waals surface area contributed by atoms with Crippen LogP contribution < -0.4 is 5.32 Å². The molecule has 4 nitrogen and oxygen atoms in total. The maximum absolute atomic E-state index is 12.4. The fourth-order valence-corrected chi connectivity index (χ4v) is 4.82. The summed E-state index contributed by atoms with van der Waals surface area (Å²) in [6.45, 7) is 0.692. The van der Waals surface area contributed by atoms with Gasteiger partial charge in [-0.3, -0.25) is 9.48 Å². The Morgan fingerprint density at radius 2 is 1.69 bits per heavy atom. The molecule has 130 valence electrons. The van der Waals surface area contributed by atoms with Gasteiger partial charge in [0, 0.05) is 31.6 Å². The average molecular weight is 343 g/mol. The first kappa shape index (κ1) is 15.4. The largest absolute Gasteiger partial charge is 0.352 e. The molecule has 1 N–H and O–H groups in total. The SMILES string of the molecule is Cn1cc(C(=O)NC[C@@H]2CC3c4ccccc4C2c2ccccc23)cn1. The van der Waals surface area contributed by atoms with Crippen LogP contribution in [0, 0.1) is 5.92 Å². The summed E-state index contributed by atoms with van der Waals surface area (Å²) in [6.07, 6.45) is 4.46. The number of amides is 1. The summed E-state index contributed by atoms with van der Waals surface area (Å²) in [7, 11) is 1.82. The van der Waals surface area contributed by atoms with Crippen LogP contribution in [0.4, 0.5) is 0 Å². The van der Waals surface area contributed by atoms with Crippen molar-refractivity contribution in [2.75, 3.05) is 6.54 Å². The molecule has 0 saturated heterocycles. The highest BCUT2D eigenvalue weighted by molar-refractivity contribution is 5.93. The van der Waals surface area contributed by atoms with Gasteiger partial charge >= 0.3 is 0 Å². The molecular weight excluding hydrogens is 322 g/mol. The van der Waals surface area contributed by atoms with Crippen LogP contribution >= 0.6 is 0 Å². The molecule has 1 aromatic heterocycles. The number of benzene rings is 2. The Morgan fingerprint density at radius 1 is 1.08 bits per heavy atom. The predicted molar refractivity (Wildman–Crippen MR) is 100 cm³/mol. The number of aromatic nitrogens is 2. The number of carbonyl (C=O) groups is 1. The molecular formula is C22H21N3O. The molecule has 0 aliphatic heterocycles. The zero-order valence-electron chi connectivity index (χ0n) is 14.7. The maximum Gasteiger partial charge on any atom is 0.254 e. The number of hydrogen-bond donors (Lipinski definition) is 1. The zero-order chi connectivity index (χ0) is 17.7. The van der Waals surface area contributed by atoms with Crippen molar-refractivity contribution in [1.82, 2.24) is 15.1 Å². The van der Waals surface area contributed by atoms with Gasteiger partial charge in [-0.1, -0.05) is 48.5 Å². The van der Waals surface area contributed by atoms with Crippen molar-refractivity contribution >= 4 is 5.91 Å². The summed E-state index contributed by atoms with van der Waals surface area (Å²) in [5.74, 6) is 1.18. The van der Waals surface area contributed by atoms with Crippen LogP contribution in [0.1, 0.15) is 50.9 Å². The first-order valence-corrected chi connectivity index (χ1v) is 9.17. The Hall–Kier alpha value is -2.88. The van der Waals surface area contributed by atoms with Gasteiger partial charge < -0.3 is 5.32 Å². The van der Waals surface area contributed by atoms with Gasteiger partial charge in [0.2, 0.25) is 0 Å². The quantitative estimate of drug-likeness (QED) is 0.792. The van der Waals surface area contributed by atoms with Crippen LogP contribution in [0.25, 0.3) is 0 Å². The normalized spacial score (nSPS) is 22.6. The topological polar surface area (TPSA) is 46.9 Å². The summed E-state index contributed by atoms with van der Waals surface area (Å²) >= 11 is 0. The molecule has 0 spiro atoms. The van der Waals surface area contributed by atoms with Crippen LogP contribution in [0.2, 0.25) is 0 Å². The Labute approximate surface area is 152 Å². The summed E-state index contributed by atoms with van der Waals surface area (Å²) in [4.78, 5) is 12.4. The minimum atomic E-state index is -0.0406. The lowest BCUT2D eigenvalue weighted by atomic mass is 9.59. The molecule has 1 amide bonds. The van der Waals surface area contributed by atoms with Crippen LogP contribution in [0.5, 0.6) is 0 Å². The van der Waals surface area contributed by atoms with Crippen molar-refractivity contribution < 1.29 is 4.79 Å². The Kier molecular flexibility index (Phi) is 3.45. The fourth-order valence-electron chi connectivity index (χ4n) is 4.82. The molecule has 3 aromatic rings. The van der Waals surface area contributed by atoms with E-state index in [9.17, 15) is 4.79 Å². The molecule has 2 aromatic carbocycles. The van der Waals surface area contributed by atoms with Crippen LogP contribution in [-0.2, 0) is 7.05 Å². The predicted octanol–water partition coefficient (Wildman–Crippen LogP) is 3.45. The average Bonchev–Trinajstić information content (AvgIpc) is 3.13. The number of nitrogens with zero attached hydrogens (tertiary/aromatic N) is 2. The van der Waals surface area contributed by atoms with Crippen molar-refractivity contribution in [2.45, 2.75) is 18.3 Å². The molecule has 1 heterocycles. The molecule has 4 heteroatoms. The number of carbonyl (C=O) groups excluding carboxylic acids is 1. The third-order valence-corrected chi connectivity index (χ3v) is 5.91. The molecule has 2 bridgehead atoms. The van der Waals surface area contributed by atoms with Gasteiger partial charge in [-0.2, -0.15) is 5.10 Å². The van der Waals surface area contributed by atoms with Crippen LogP contribution in [0.15, 0.2) is 60.9 Å². The third-order valence-electron chi connectivity index (χ3n) is 5.91. The van der Waals surface area contributed by atoms with Gasteiger partial charge in [0.1, 0.15) is 0 Å². The van der Waals surface area contributed by atoms with Crippen LogP contribution in [0.3, 0.4) is 0 Å². The molecule has 1 atom stereocenters. The third kappa shape index (κ3) is 2.29. The van der Waals surface area contributed by atoms with Gasteiger partial charge in [-0.05, 0) is 34.6 Å². The van der Waals surface area contributed by atoms with E-state index in [2.05, 4.69) is 58.9 Å². The monoisotopic (exact) mass is 343 g/mol. The Bertz CT molecular complexity index is 943. The van der Waals surface area contributed by atoms with E-state index in [0.717, 1.165) is 6.42 Å². The van der Waals surface area contributed by atoms with Crippen molar-refractivity contribution in [3.8, 4) is 0 Å². The minimum absolute atomic E-state index is 0.0406. The first-order valence-electron chi connectivity index (χ1n) is 9.17. The summed E-state index contributed by atoms with van der Waals surface area (Å²) < 4.78 is 1.66. The van der Waals surface area contributed by atoms with Crippen molar-refractivity contribution in [2.24, 2.45) is 13.0 Å². The van der Waals surface area contributed by atoms with Gasteiger partial charge in [-0.25, -0.2) is 0 Å². The zero-order valence-corrected chi connectivity index (χ0v) is 14.7. The Morgan fingerprint density at radius 3 is 2.27 bits per heavy atom. The number of aryl methyl sites for hydroxylation is 1. The lowest BCUT2D eigenvalue weighted by Crippen LogP contribution is -2.39. The maximum atomic E-state index is 12.4. The first-order chi connectivity index (χ1) is 12.7. The smallest absolute Gasteiger partial charge is 0.254 e. The van der Waals surface area contributed by atoms with E-state index in [1.165, 1.54) is 22.3 Å². The molecule has 0 unspecified atom stereocenters. The van der Waals surface area contributed by atoms with Gasteiger partial charge in [0.25, 0.3) is 5.91 Å². The number of rotatable bonds is 3. The Balaban J connectivity index is 1.44. The molecule has 26 heavy (non-hydrogen) atoms. The lowest BCUT2D eigenvalue weighted by molar-refractivity contribution is 0.0943. The van der Waals surface area contributed by atoms with E-state index in [1.807, 2.05) is 7.05 Å². The van der Waals surface area contributed by atoms with E-state index in [4.69, 9.17) is 0 Å². The van der Waals surface area contributed by atoms with Crippen molar-refractivity contribution in [1.29, 1.82) is 0 Å². The van der Waals surface area contributed by atoms with E-state index in [1.54, 1.807) is 17.1 Å². The standard InChI is InChI=1S/C22H21N3O/c1-25-13-15(12-24-25)22(26)23-11-14-10-20-16-6-2-4-8-18(16)21(14)19-9-5-3-7-17(19)20/h2-9,12-14,20-21H,10-11H2,1H3,(H,23,26)/t14-,20?,21?/m0/s1. The van der Waals surface area contributed by atoms with E-state index in [-0.39, 0.29) is 5.91 Å². The summed E-state index contributed by atoms with van der Waals surface area (Å²) in [5.41, 5.74) is 6.41. The van der Waals surface area contributed by atoms with Crippen molar-refractivity contribution in [3.05, 3.63) is 88.7 Å². The second-order valence-electron chi connectivity index (χ2n) is 7.40. The highest BCUT2D eigenvalue weighted by atomic mass is 16.1. The van der Waals surface area contributed by atoms with Crippen LogP contribution in [-0.4, -0.2) is 22.2 Å². The molecule has 6 rings (SSSR count). The number of fused-ring (bicyclic) bond motifs is 1. The van der Waals surface area contributed by atoms with Gasteiger partial charge in [-0.15, -0.1) is 0 Å². The lowest BCUT2D eigenvalue weighted by Gasteiger charge is -2.45. The van der Waals surface area contributed by atoms with Gasteiger partial charge in [0.15, 0.2) is 0 Å². The summed E-state index contributed by atoms with van der Waals surface area (Å²) in [5, 5.41) is 7.22. The van der Waals surface area contributed by atoms with Crippen molar-refractivity contribution in [3.63, 3.8) is 0 Å². The second-order valence-corrected chi connectivity index (χ2v) is 7.40. The van der Waals surface area contributed by atoms with E-state index in [0.29, 0.717) is 29.9 Å². The molecule has 3 aliphatic rings. The molecule has 0 radical (unpaired) electrons. The highest BCUT2D eigenvalue weighted by Crippen LogP contribution is 2.55. The molecule has 3 aliphatic carbocycles.